The third-order valence-corrected chi connectivity index (χ3v) is 8.03. The third-order valence-electron chi connectivity index (χ3n) is 8.03. The van der Waals surface area contributed by atoms with Crippen LogP contribution in [-0.4, -0.2) is 21.6 Å². The number of phenols is 1. The number of pyridine rings is 1. The van der Waals surface area contributed by atoms with Crippen molar-refractivity contribution >= 4 is 16.8 Å². The van der Waals surface area contributed by atoms with E-state index < -0.39 is 11.1 Å². The molecular weight excluding hydrogens is 679 g/mol. The molecular formula is C34H27N2O3Pt-. The number of aliphatic imine (C=N–C) groups is 1. The number of phenolic OH excluding ortho intramolecular Hbond substituents is 1. The summed E-state index contributed by atoms with van der Waals surface area (Å²) in [4.78, 5) is 9.75. The maximum absolute atomic E-state index is 10.5. The summed E-state index contributed by atoms with van der Waals surface area (Å²) in [6.45, 7) is 6.23. The first-order valence-electron chi connectivity index (χ1n) is 13.1. The van der Waals surface area contributed by atoms with Gasteiger partial charge in [0.1, 0.15) is 28.3 Å². The number of aromatic nitrogens is 1. The van der Waals surface area contributed by atoms with Gasteiger partial charge in [-0.25, -0.2) is 4.98 Å². The summed E-state index contributed by atoms with van der Waals surface area (Å²) >= 11 is 0. The number of rotatable bonds is 4. The molecule has 0 amide bonds. The van der Waals surface area contributed by atoms with E-state index in [1.165, 1.54) is 11.1 Å². The van der Waals surface area contributed by atoms with Gasteiger partial charge in [-0.1, -0.05) is 77.9 Å². The average molecular weight is 707 g/mol. The monoisotopic (exact) mass is 706 g/mol. The molecule has 0 bridgehead atoms. The molecule has 0 saturated carbocycles. The van der Waals surface area contributed by atoms with E-state index in [9.17, 15) is 5.11 Å². The number of aryl methyl sites for hydroxylation is 1. The van der Waals surface area contributed by atoms with E-state index in [2.05, 4.69) is 61.3 Å². The van der Waals surface area contributed by atoms with Crippen LogP contribution in [0.4, 0.5) is 0 Å². The largest absolute Gasteiger partial charge is 0.511 e. The minimum absolute atomic E-state index is 0. The number of hydrogen-bond acceptors (Lipinski definition) is 5. The number of aromatic hydroxyl groups is 1. The Hall–Kier alpha value is -3.95. The second-order valence-electron chi connectivity index (χ2n) is 10.8. The van der Waals surface area contributed by atoms with Crippen LogP contribution < -0.4 is 4.74 Å². The molecule has 2 heterocycles. The molecule has 1 N–H and O–H groups in total. The van der Waals surface area contributed by atoms with Crippen LogP contribution in [0.5, 0.6) is 17.4 Å². The summed E-state index contributed by atoms with van der Waals surface area (Å²) in [5.74, 6) is 1.54. The summed E-state index contributed by atoms with van der Waals surface area (Å²) in [6, 6.07) is 33.3. The third kappa shape index (κ3) is 4.20. The van der Waals surface area contributed by atoms with Crippen LogP contribution in [-0.2, 0) is 37.8 Å². The SMILES string of the molecule is Cc1cc(O)c2nc(Oc3[c-]c(C4=N[C@@]5(C)c6ccccc6C[C@@]5(C)O4)cc(-c4ccccc4)c3)ccc2c1.[Pt]. The molecule has 40 heavy (non-hydrogen) atoms. The van der Waals surface area contributed by atoms with Crippen LogP contribution in [0.2, 0.25) is 0 Å². The zero-order valence-electron chi connectivity index (χ0n) is 22.3. The predicted molar refractivity (Wildman–Crippen MR) is 152 cm³/mol. The van der Waals surface area contributed by atoms with Gasteiger partial charge in [0.2, 0.25) is 5.88 Å². The van der Waals surface area contributed by atoms with Crippen molar-refractivity contribution in [1.82, 2.24) is 4.98 Å². The minimum atomic E-state index is -0.494. The van der Waals surface area contributed by atoms with Crippen LogP contribution in [0.25, 0.3) is 22.0 Å². The summed E-state index contributed by atoms with van der Waals surface area (Å²) in [5, 5.41) is 11.3. The van der Waals surface area contributed by atoms with E-state index in [-0.39, 0.29) is 26.8 Å². The van der Waals surface area contributed by atoms with Crippen molar-refractivity contribution in [2.75, 3.05) is 0 Å². The van der Waals surface area contributed by atoms with Crippen LogP contribution >= 0.6 is 0 Å². The maximum Gasteiger partial charge on any atom is 0.217 e. The Kier molecular flexibility index (Phi) is 6.31. The molecule has 0 unspecified atom stereocenters. The van der Waals surface area contributed by atoms with Crippen LogP contribution in [0, 0.1) is 13.0 Å². The van der Waals surface area contributed by atoms with Gasteiger partial charge in [-0.15, -0.1) is 6.07 Å². The topological polar surface area (TPSA) is 63.9 Å². The Labute approximate surface area is 247 Å². The van der Waals surface area contributed by atoms with Gasteiger partial charge in [0, 0.05) is 44.7 Å². The molecule has 0 spiro atoms. The van der Waals surface area contributed by atoms with Gasteiger partial charge in [0.15, 0.2) is 0 Å². The zero-order chi connectivity index (χ0) is 26.8. The molecule has 0 fully saturated rings. The van der Waals surface area contributed by atoms with Crippen LogP contribution in [0.3, 0.4) is 0 Å². The van der Waals surface area contributed by atoms with Crippen molar-refractivity contribution in [3.05, 3.63) is 119 Å². The Morgan fingerprint density at radius 2 is 1.68 bits per heavy atom. The molecule has 6 heteroatoms. The van der Waals surface area contributed by atoms with E-state index in [0.29, 0.717) is 23.0 Å². The molecule has 1 aliphatic carbocycles. The van der Waals surface area contributed by atoms with Crippen LogP contribution in [0.15, 0.2) is 96.0 Å². The van der Waals surface area contributed by atoms with E-state index in [0.717, 1.165) is 34.1 Å². The summed E-state index contributed by atoms with van der Waals surface area (Å²) in [6.07, 6.45) is 0.790. The Balaban J connectivity index is 0.00000289. The number of nitrogens with zero attached hydrogens (tertiary/aromatic N) is 2. The predicted octanol–water partition coefficient (Wildman–Crippen LogP) is 7.51. The van der Waals surface area contributed by atoms with Crippen molar-refractivity contribution in [2.45, 2.75) is 38.3 Å². The first-order chi connectivity index (χ1) is 18.8. The quantitative estimate of drug-likeness (QED) is 0.197. The number of ether oxygens (including phenoxy) is 2. The molecule has 4 aromatic carbocycles. The first kappa shape index (κ1) is 26.3. The van der Waals surface area contributed by atoms with Gasteiger partial charge in [-0.3, -0.25) is 4.99 Å². The van der Waals surface area contributed by atoms with Crippen molar-refractivity contribution in [2.24, 2.45) is 4.99 Å². The standard InChI is InChI=1S/C34H27N2O3.Pt/c1-21-15-23-13-14-30(35-31(23)29(37)16-21)38-27-18-25(22-9-5-4-6-10-22)17-26(19-27)32-36-34(3)28-12-8-7-11-24(28)20-33(34,2)39-32;/h4-18,37H,20H2,1-3H3;/q-1;/t33-,34+;/m1./s1. The number of fused-ring (bicyclic) bond motifs is 4. The fraction of sp³-hybridized carbons (Fsp3) is 0.176. The van der Waals surface area contributed by atoms with Gasteiger partial charge in [-0.05, 0) is 61.2 Å². The van der Waals surface area contributed by atoms with Gasteiger partial charge in [0.05, 0.1) is 0 Å². The molecule has 202 valence electrons. The van der Waals surface area contributed by atoms with Gasteiger partial charge in [0.25, 0.3) is 0 Å². The summed E-state index contributed by atoms with van der Waals surface area (Å²) in [7, 11) is 0. The number of benzene rings is 4. The van der Waals surface area contributed by atoms with Gasteiger partial charge in [-0.2, -0.15) is 0 Å². The van der Waals surface area contributed by atoms with E-state index in [1.54, 1.807) is 12.1 Å². The molecule has 5 nitrogen and oxygen atoms in total. The smallest absolute Gasteiger partial charge is 0.217 e. The molecule has 7 rings (SSSR count). The molecule has 1 aliphatic heterocycles. The Morgan fingerprint density at radius 1 is 0.900 bits per heavy atom. The second kappa shape index (κ2) is 9.60. The van der Waals surface area contributed by atoms with E-state index >= 15 is 0 Å². The minimum Gasteiger partial charge on any atom is -0.511 e. The fourth-order valence-corrected chi connectivity index (χ4v) is 5.86. The summed E-state index contributed by atoms with van der Waals surface area (Å²) in [5.41, 5.74) is 5.68. The zero-order valence-corrected chi connectivity index (χ0v) is 24.6. The molecule has 1 aromatic heterocycles. The van der Waals surface area contributed by atoms with E-state index in [1.807, 2.05) is 49.4 Å². The molecule has 0 radical (unpaired) electrons. The second-order valence-corrected chi connectivity index (χ2v) is 10.8. The average Bonchev–Trinajstić information content (AvgIpc) is 3.32. The molecule has 0 saturated heterocycles. The number of hydrogen-bond donors (Lipinski definition) is 1. The fourth-order valence-electron chi connectivity index (χ4n) is 5.86. The van der Waals surface area contributed by atoms with Gasteiger partial charge < -0.3 is 14.6 Å². The molecule has 2 atom stereocenters. The summed E-state index contributed by atoms with van der Waals surface area (Å²) < 4.78 is 12.9. The van der Waals surface area contributed by atoms with Crippen molar-refractivity contribution in [3.63, 3.8) is 0 Å². The maximum atomic E-state index is 10.5. The van der Waals surface area contributed by atoms with Crippen molar-refractivity contribution < 1.29 is 35.6 Å². The molecule has 5 aromatic rings. The van der Waals surface area contributed by atoms with Gasteiger partial charge >= 0.3 is 0 Å². The first-order valence-corrected chi connectivity index (χ1v) is 13.1. The van der Waals surface area contributed by atoms with Crippen molar-refractivity contribution in [3.8, 4) is 28.5 Å². The normalized spacial score (nSPS) is 20.7. The van der Waals surface area contributed by atoms with Crippen molar-refractivity contribution in [1.29, 1.82) is 0 Å². The Morgan fingerprint density at radius 3 is 2.50 bits per heavy atom. The van der Waals surface area contributed by atoms with E-state index in [4.69, 9.17) is 14.5 Å². The Bertz CT molecular complexity index is 1800. The van der Waals surface area contributed by atoms with Crippen LogP contribution in [0.1, 0.15) is 36.1 Å². The molecule has 2 aliphatic rings.